The zero-order valence-corrected chi connectivity index (χ0v) is 17.8. The fraction of sp³-hybridized carbons (Fsp3) is 0.409. The molecule has 0 aliphatic carbocycles. The fourth-order valence-corrected chi connectivity index (χ4v) is 3.84. The van der Waals surface area contributed by atoms with E-state index in [1.807, 2.05) is 53.0 Å². The van der Waals surface area contributed by atoms with Crippen LogP contribution in [0, 0.1) is 6.92 Å². The third-order valence-corrected chi connectivity index (χ3v) is 5.64. The first-order valence-corrected chi connectivity index (χ1v) is 10.6. The molecule has 0 radical (unpaired) electrons. The summed E-state index contributed by atoms with van der Waals surface area (Å²) in [4.78, 5) is 14.5. The molecule has 1 aromatic carbocycles. The monoisotopic (exact) mass is 427 g/mol. The molecular weight excluding hydrogens is 402 g/mol. The number of carbonyl (C=O) groups excluding carboxylic acids is 1. The minimum absolute atomic E-state index is 0.178. The third-order valence-electron chi connectivity index (χ3n) is 5.39. The van der Waals surface area contributed by atoms with Crippen molar-refractivity contribution in [3.05, 3.63) is 64.7 Å². The molecule has 2 aromatic heterocycles. The van der Waals surface area contributed by atoms with Crippen molar-refractivity contribution in [3.63, 3.8) is 0 Å². The Balaban J connectivity index is 1.22. The van der Waals surface area contributed by atoms with Crippen molar-refractivity contribution in [3.8, 4) is 5.75 Å². The zero-order valence-electron chi connectivity index (χ0n) is 17.1. The number of carbonyl (C=O) groups is 1. The molecule has 0 spiro atoms. The molecule has 4 rings (SSSR count). The van der Waals surface area contributed by atoms with E-state index in [4.69, 9.17) is 16.3 Å². The molecule has 1 aliphatic rings. The number of likely N-dealkylation sites (tertiary alicyclic amines) is 1. The second kappa shape index (κ2) is 9.34. The number of rotatable bonds is 8. The summed E-state index contributed by atoms with van der Waals surface area (Å²) in [5, 5.41) is 12.6. The first-order valence-electron chi connectivity index (χ1n) is 10.3. The summed E-state index contributed by atoms with van der Waals surface area (Å²) in [7, 11) is 0. The molecule has 1 atom stereocenters. The standard InChI is InChI=1S/C22H26ClN5O2/c1-16-6-11-28(26-16)12-8-22(29)27-10-7-17(15-27)21-14-19(24-25-21)9-13-30-20-4-2-18(23)3-5-20/h2-6,11,14,17H,7-10,12-13,15H2,1H3,(H,24,25). The van der Waals surface area contributed by atoms with Crippen LogP contribution in [0.15, 0.2) is 42.6 Å². The number of nitrogens with one attached hydrogen (secondary N) is 1. The molecule has 1 amide bonds. The number of H-pyrrole nitrogens is 1. The molecular formula is C22H26ClN5O2. The molecule has 30 heavy (non-hydrogen) atoms. The van der Waals surface area contributed by atoms with E-state index in [9.17, 15) is 4.79 Å². The van der Waals surface area contributed by atoms with Crippen LogP contribution in [0.2, 0.25) is 5.02 Å². The van der Waals surface area contributed by atoms with Crippen LogP contribution >= 0.6 is 11.6 Å². The number of hydrogen-bond acceptors (Lipinski definition) is 4. The highest BCUT2D eigenvalue weighted by Gasteiger charge is 2.28. The summed E-state index contributed by atoms with van der Waals surface area (Å²) >= 11 is 5.89. The average Bonchev–Trinajstić information content (AvgIpc) is 3.48. The number of aromatic amines is 1. The van der Waals surface area contributed by atoms with Crippen LogP contribution < -0.4 is 4.74 Å². The van der Waals surface area contributed by atoms with E-state index < -0.39 is 0 Å². The lowest BCUT2D eigenvalue weighted by molar-refractivity contribution is -0.130. The number of ether oxygens (including phenoxy) is 1. The van der Waals surface area contributed by atoms with Gasteiger partial charge < -0.3 is 9.64 Å². The smallest absolute Gasteiger partial charge is 0.224 e. The first kappa shape index (κ1) is 20.5. The molecule has 1 N–H and O–H groups in total. The van der Waals surface area contributed by atoms with Crippen LogP contribution in [-0.2, 0) is 17.8 Å². The molecule has 1 fully saturated rings. The Kier molecular flexibility index (Phi) is 6.38. The predicted molar refractivity (Wildman–Crippen MR) is 115 cm³/mol. The maximum absolute atomic E-state index is 12.5. The topological polar surface area (TPSA) is 76.0 Å². The third kappa shape index (κ3) is 5.21. The Morgan fingerprint density at radius 2 is 2.13 bits per heavy atom. The molecule has 3 heterocycles. The summed E-state index contributed by atoms with van der Waals surface area (Å²) in [6.07, 6.45) is 4.07. The normalized spacial score (nSPS) is 16.2. The molecule has 1 unspecified atom stereocenters. The zero-order chi connectivity index (χ0) is 20.9. The van der Waals surface area contributed by atoms with Gasteiger partial charge in [0, 0.05) is 55.3 Å². The molecule has 0 saturated carbocycles. The van der Waals surface area contributed by atoms with E-state index in [-0.39, 0.29) is 11.8 Å². The van der Waals surface area contributed by atoms with Crippen molar-refractivity contribution >= 4 is 17.5 Å². The SMILES string of the molecule is Cc1ccn(CCC(=O)N2CCC(c3cc(CCOc4ccc(Cl)cc4)[nH]n3)C2)n1. The predicted octanol–water partition coefficient (Wildman–Crippen LogP) is 3.60. The molecule has 158 valence electrons. The van der Waals surface area contributed by atoms with E-state index in [0.717, 1.165) is 48.8 Å². The lowest BCUT2D eigenvalue weighted by atomic mass is 10.0. The van der Waals surface area contributed by atoms with Crippen LogP contribution in [0.1, 0.15) is 35.8 Å². The second-order valence-corrected chi connectivity index (χ2v) is 8.10. The van der Waals surface area contributed by atoms with Gasteiger partial charge in [-0.05, 0) is 49.7 Å². The molecule has 3 aromatic rings. The van der Waals surface area contributed by atoms with E-state index in [2.05, 4.69) is 21.4 Å². The molecule has 1 aliphatic heterocycles. The number of benzene rings is 1. The highest BCUT2D eigenvalue weighted by Crippen LogP contribution is 2.27. The number of hydrogen-bond donors (Lipinski definition) is 1. The van der Waals surface area contributed by atoms with Crippen molar-refractivity contribution in [2.75, 3.05) is 19.7 Å². The highest BCUT2D eigenvalue weighted by atomic mass is 35.5. The molecule has 8 heteroatoms. The van der Waals surface area contributed by atoms with Gasteiger partial charge in [-0.2, -0.15) is 10.2 Å². The van der Waals surface area contributed by atoms with Crippen molar-refractivity contribution in [2.45, 2.75) is 38.6 Å². The maximum Gasteiger partial charge on any atom is 0.224 e. The lowest BCUT2D eigenvalue weighted by Gasteiger charge is -2.16. The number of aryl methyl sites for hydroxylation is 2. The van der Waals surface area contributed by atoms with Crippen molar-refractivity contribution in [1.29, 1.82) is 0 Å². The maximum atomic E-state index is 12.5. The van der Waals surface area contributed by atoms with Gasteiger partial charge in [0.25, 0.3) is 0 Å². The largest absolute Gasteiger partial charge is 0.493 e. The number of halogens is 1. The average molecular weight is 428 g/mol. The minimum Gasteiger partial charge on any atom is -0.493 e. The van der Waals surface area contributed by atoms with Crippen molar-refractivity contribution in [1.82, 2.24) is 24.9 Å². The van der Waals surface area contributed by atoms with Gasteiger partial charge in [-0.25, -0.2) is 0 Å². The van der Waals surface area contributed by atoms with Crippen LogP contribution in [0.5, 0.6) is 5.75 Å². The van der Waals surface area contributed by atoms with Gasteiger partial charge >= 0.3 is 0 Å². The quantitative estimate of drug-likeness (QED) is 0.596. The highest BCUT2D eigenvalue weighted by molar-refractivity contribution is 6.30. The molecule has 0 bridgehead atoms. The summed E-state index contributed by atoms with van der Waals surface area (Å²) in [6, 6.07) is 11.4. The van der Waals surface area contributed by atoms with Gasteiger partial charge in [-0.1, -0.05) is 11.6 Å². The first-order chi connectivity index (χ1) is 14.6. The van der Waals surface area contributed by atoms with Crippen LogP contribution in [-0.4, -0.2) is 50.5 Å². The Hall–Kier alpha value is -2.80. The summed E-state index contributed by atoms with van der Waals surface area (Å²) < 4.78 is 7.57. The minimum atomic E-state index is 0.178. The number of aromatic nitrogens is 4. The summed E-state index contributed by atoms with van der Waals surface area (Å²) in [5.74, 6) is 1.26. The fourth-order valence-electron chi connectivity index (χ4n) is 3.71. The summed E-state index contributed by atoms with van der Waals surface area (Å²) in [5.41, 5.74) is 3.03. The summed E-state index contributed by atoms with van der Waals surface area (Å²) in [6.45, 7) is 4.64. The van der Waals surface area contributed by atoms with Crippen molar-refractivity contribution < 1.29 is 9.53 Å². The number of nitrogens with zero attached hydrogens (tertiary/aromatic N) is 4. The van der Waals surface area contributed by atoms with Crippen LogP contribution in [0.25, 0.3) is 0 Å². The number of amides is 1. The van der Waals surface area contributed by atoms with Crippen LogP contribution in [0.3, 0.4) is 0 Å². The van der Waals surface area contributed by atoms with Gasteiger partial charge in [-0.3, -0.25) is 14.6 Å². The lowest BCUT2D eigenvalue weighted by Crippen LogP contribution is -2.29. The van der Waals surface area contributed by atoms with Gasteiger partial charge in [0.1, 0.15) is 5.75 Å². The van der Waals surface area contributed by atoms with Gasteiger partial charge in [0.2, 0.25) is 5.91 Å². The Bertz CT molecular complexity index is 982. The molecule has 7 nitrogen and oxygen atoms in total. The van der Waals surface area contributed by atoms with Gasteiger partial charge in [0.15, 0.2) is 0 Å². The van der Waals surface area contributed by atoms with Crippen LogP contribution in [0.4, 0.5) is 0 Å². The Morgan fingerprint density at radius 1 is 1.30 bits per heavy atom. The van der Waals surface area contributed by atoms with Gasteiger partial charge in [-0.15, -0.1) is 0 Å². The van der Waals surface area contributed by atoms with E-state index >= 15 is 0 Å². The van der Waals surface area contributed by atoms with Gasteiger partial charge in [0.05, 0.1) is 18.0 Å². The van der Waals surface area contributed by atoms with E-state index in [1.54, 1.807) is 0 Å². The van der Waals surface area contributed by atoms with E-state index in [0.29, 0.717) is 24.6 Å². The molecule has 1 saturated heterocycles. The van der Waals surface area contributed by atoms with E-state index in [1.165, 1.54) is 0 Å². The Morgan fingerprint density at radius 3 is 2.90 bits per heavy atom. The van der Waals surface area contributed by atoms with Crippen molar-refractivity contribution in [2.24, 2.45) is 0 Å². The second-order valence-electron chi connectivity index (χ2n) is 7.67. The Labute approximate surface area is 181 Å².